The number of urea groups is 2. The van der Waals surface area contributed by atoms with Crippen LogP contribution in [0.15, 0.2) is 131 Å². The van der Waals surface area contributed by atoms with Crippen LogP contribution in [-0.2, 0) is 20.2 Å². The van der Waals surface area contributed by atoms with Gasteiger partial charge in [0.1, 0.15) is 21.3 Å². The Hall–Kier alpha value is -5.86. The molecule has 0 aliphatic carbocycles. The van der Waals surface area contributed by atoms with Crippen molar-refractivity contribution >= 4 is 55.0 Å². The largest absolute Gasteiger partial charge is 0.379 e. The average molecular weight is 687 g/mol. The minimum Gasteiger partial charge on any atom is -0.379 e. The van der Waals surface area contributed by atoms with Gasteiger partial charge in [0.05, 0.1) is 11.4 Å². The quantitative estimate of drug-likeness (QED) is 0.113. The van der Waals surface area contributed by atoms with Gasteiger partial charge in [0.2, 0.25) is 0 Å². The van der Waals surface area contributed by atoms with E-state index in [4.69, 9.17) is 8.37 Å². The molecule has 0 radical (unpaired) electrons. The Balaban J connectivity index is 1.20. The zero-order valence-corrected chi connectivity index (χ0v) is 27.3. The fraction of sp³-hybridized carbons (Fsp3) is 0.0588. The van der Waals surface area contributed by atoms with Crippen LogP contribution in [0.25, 0.3) is 0 Å². The number of para-hydroxylation sites is 2. The summed E-state index contributed by atoms with van der Waals surface area (Å²) in [6.45, 7) is 3.53. The Bertz CT molecular complexity index is 2050. The maximum absolute atomic E-state index is 12.9. The average Bonchev–Trinajstić information content (AvgIpc) is 3.02. The van der Waals surface area contributed by atoms with Crippen LogP contribution < -0.4 is 29.6 Å². The normalized spacial score (nSPS) is 11.2. The maximum atomic E-state index is 12.9. The van der Waals surface area contributed by atoms with Gasteiger partial charge in [0.25, 0.3) is 0 Å². The summed E-state index contributed by atoms with van der Waals surface area (Å²) < 4.78 is 61.4. The van der Waals surface area contributed by atoms with E-state index in [0.717, 1.165) is 11.1 Å². The summed E-state index contributed by atoms with van der Waals surface area (Å²) >= 11 is 0. The highest BCUT2D eigenvalue weighted by Gasteiger charge is 2.19. The van der Waals surface area contributed by atoms with Crippen LogP contribution in [0.5, 0.6) is 11.5 Å². The SMILES string of the molecule is Cc1cccc(S(=O)(=O)Oc2cccc(NC(=O)Nc3ccccc3NC(=O)Nc3cccc(OS(=O)(=O)c4cccc(C)c4)c3)c2)c1. The molecular weight excluding hydrogens is 657 g/mol. The Kier molecular flexibility index (Phi) is 9.96. The lowest BCUT2D eigenvalue weighted by molar-refractivity contribution is 0.261. The topological polar surface area (TPSA) is 169 Å². The Morgan fingerprint density at radius 2 is 0.875 bits per heavy atom. The first-order valence-electron chi connectivity index (χ1n) is 14.3. The molecule has 0 heterocycles. The first-order chi connectivity index (χ1) is 22.9. The van der Waals surface area contributed by atoms with Crippen molar-refractivity contribution in [2.75, 3.05) is 21.3 Å². The van der Waals surface area contributed by atoms with Crippen LogP contribution in [-0.4, -0.2) is 28.9 Å². The summed E-state index contributed by atoms with van der Waals surface area (Å²) in [5.41, 5.74) is 2.51. The van der Waals surface area contributed by atoms with Crippen LogP contribution in [0.4, 0.5) is 32.3 Å². The van der Waals surface area contributed by atoms with Crippen LogP contribution in [0, 0.1) is 13.8 Å². The van der Waals surface area contributed by atoms with E-state index >= 15 is 0 Å². The minimum absolute atomic E-state index is 0.00106. The molecule has 4 N–H and O–H groups in total. The lowest BCUT2D eigenvalue weighted by Crippen LogP contribution is -2.23. The van der Waals surface area contributed by atoms with Crippen LogP contribution in [0.3, 0.4) is 0 Å². The standard InChI is InChI=1S/C34H30N4O8S2/c1-23-9-5-15-29(19-23)47(41,42)45-27-13-7-11-25(21-27)35-33(39)37-31-17-3-4-18-32(31)38-34(40)36-26-12-8-14-28(22-26)46-48(43,44)30-16-6-10-24(2)20-30/h3-22H,1-2H3,(H2,35,37,39)(H2,36,38,40). The van der Waals surface area contributed by atoms with Crippen molar-refractivity contribution in [2.24, 2.45) is 0 Å². The van der Waals surface area contributed by atoms with Gasteiger partial charge in [0, 0.05) is 23.5 Å². The number of anilines is 4. The third kappa shape index (κ3) is 8.90. The molecule has 0 aliphatic heterocycles. The lowest BCUT2D eigenvalue weighted by Gasteiger charge is -2.14. The second kappa shape index (κ2) is 14.3. The van der Waals surface area contributed by atoms with Gasteiger partial charge in [-0.25, -0.2) is 9.59 Å². The number of carbonyl (C=O) groups excluding carboxylic acids is 2. The second-order valence-electron chi connectivity index (χ2n) is 10.5. The second-order valence-corrected chi connectivity index (χ2v) is 13.6. The molecule has 0 atom stereocenters. The number of carbonyl (C=O) groups is 2. The number of nitrogens with one attached hydrogen (secondary N) is 4. The van der Waals surface area contributed by atoms with Crippen molar-refractivity contribution in [1.29, 1.82) is 0 Å². The van der Waals surface area contributed by atoms with E-state index in [2.05, 4.69) is 21.3 Å². The zero-order valence-electron chi connectivity index (χ0n) is 25.6. The summed E-state index contributed by atoms with van der Waals surface area (Å²) in [5.74, 6) is -0.00875. The molecule has 0 saturated carbocycles. The Morgan fingerprint density at radius 3 is 1.27 bits per heavy atom. The number of hydrogen-bond acceptors (Lipinski definition) is 8. The molecule has 0 fully saturated rings. The molecule has 0 aromatic heterocycles. The zero-order chi connectivity index (χ0) is 34.3. The van der Waals surface area contributed by atoms with Gasteiger partial charge in [-0.2, -0.15) is 16.8 Å². The lowest BCUT2D eigenvalue weighted by atomic mass is 10.2. The smallest absolute Gasteiger partial charge is 0.339 e. The van der Waals surface area contributed by atoms with E-state index in [1.807, 2.05) is 0 Å². The molecule has 0 bridgehead atoms. The van der Waals surface area contributed by atoms with Crippen LogP contribution in [0.2, 0.25) is 0 Å². The first kappa shape index (κ1) is 33.5. The fourth-order valence-electron chi connectivity index (χ4n) is 4.41. The molecule has 48 heavy (non-hydrogen) atoms. The van der Waals surface area contributed by atoms with E-state index in [9.17, 15) is 26.4 Å². The number of hydrogen-bond donors (Lipinski definition) is 4. The summed E-state index contributed by atoms with van der Waals surface area (Å²) in [7, 11) is -8.20. The van der Waals surface area contributed by atoms with Gasteiger partial charge in [0.15, 0.2) is 0 Å². The summed E-state index contributed by atoms with van der Waals surface area (Å²) in [4.78, 5) is 25.7. The molecule has 14 heteroatoms. The summed E-state index contributed by atoms with van der Waals surface area (Å²) in [6, 6.07) is 29.4. The van der Waals surface area contributed by atoms with Gasteiger partial charge in [-0.15, -0.1) is 0 Å². The van der Waals surface area contributed by atoms with Crippen molar-refractivity contribution < 1.29 is 34.8 Å². The molecule has 246 valence electrons. The van der Waals surface area contributed by atoms with E-state index in [-0.39, 0.29) is 44.0 Å². The molecule has 0 saturated heterocycles. The highest BCUT2D eigenvalue weighted by atomic mass is 32.2. The molecule has 0 spiro atoms. The van der Waals surface area contributed by atoms with Gasteiger partial charge >= 0.3 is 32.3 Å². The third-order valence-corrected chi connectivity index (χ3v) is 9.06. The summed E-state index contributed by atoms with van der Waals surface area (Å²) in [5, 5.41) is 10.5. The minimum atomic E-state index is -4.10. The highest BCUT2D eigenvalue weighted by molar-refractivity contribution is 7.87. The number of aryl methyl sites for hydroxylation is 2. The van der Waals surface area contributed by atoms with Gasteiger partial charge < -0.3 is 29.6 Å². The monoisotopic (exact) mass is 686 g/mol. The van der Waals surface area contributed by atoms with Crippen molar-refractivity contribution in [2.45, 2.75) is 23.6 Å². The van der Waals surface area contributed by atoms with Gasteiger partial charge in [-0.05, 0) is 85.6 Å². The predicted molar refractivity (Wildman–Crippen MR) is 183 cm³/mol. The molecule has 5 aromatic rings. The first-order valence-corrected chi connectivity index (χ1v) is 17.2. The number of benzene rings is 5. The van der Waals surface area contributed by atoms with Crippen LogP contribution in [0.1, 0.15) is 11.1 Å². The van der Waals surface area contributed by atoms with Crippen molar-refractivity contribution in [3.63, 3.8) is 0 Å². The highest BCUT2D eigenvalue weighted by Crippen LogP contribution is 2.26. The molecule has 5 aromatic carbocycles. The molecule has 12 nitrogen and oxygen atoms in total. The third-order valence-electron chi connectivity index (χ3n) is 6.58. The van der Waals surface area contributed by atoms with E-state index < -0.39 is 32.3 Å². The van der Waals surface area contributed by atoms with Gasteiger partial charge in [-0.3, -0.25) is 0 Å². The summed E-state index contributed by atoms with van der Waals surface area (Å²) in [6.07, 6.45) is 0. The molecule has 0 unspecified atom stereocenters. The van der Waals surface area contributed by atoms with E-state index in [1.54, 1.807) is 74.5 Å². The molecular formula is C34H30N4O8S2. The molecule has 0 aliphatic rings. The fourth-order valence-corrected chi connectivity index (χ4v) is 6.47. The maximum Gasteiger partial charge on any atom is 0.339 e. The number of amides is 4. The van der Waals surface area contributed by atoms with E-state index in [1.165, 1.54) is 60.7 Å². The van der Waals surface area contributed by atoms with Crippen molar-refractivity contribution in [3.05, 3.63) is 132 Å². The Labute approximate surface area is 278 Å². The molecule has 5 rings (SSSR count). The van der Waals surface area contributed by atoms with Crippen LogP contribution >= 0.6 is 0 Å². The number of rotatable bonds is 10. The molecule has 4 amide bonds. The Morgan fingerprint density at radius 1 is 0.479 bits per heavy atom. The predicted octanol–water partition coefficient (Wildman–Crippen LogP) is 7.13. The van der Waals surface area contributed by atoms with E-state index in [0.29, 0.717) is 0 Å². The van der Waals surface area contributed by atoms with Crippen molar-refractivity contribution in [1.82, 2.24) is 0 Å². The van der Waals surface area contributed by atoms with Gasteiger partial charge in [-0.1, -0.05) is 48.5 Å². The van der Waals surface area contributed by atoms with Crippen molar-refractivity contribution in [3.8, 4) is 11.5 Å².